The number of carbonyl (C=O) groups is 2. The van der Waals surface area contributed by atoms with Gasteiger partial charge >= 0.3 is 0 Å². The van der Waals surface area contributed by atoms with Crippen LogP contribution in [0.2, 0.25) is 0 Å². The van der Waals surface area contributed by atoms with Gasteiger partial charge in [0.2, 0.25) is 5.91 Å². The lowest BCUT2D eigenvalue weighted by Crippen LogP contribution is -2.25. The van der Waals surface area contributed by atoms with E-state index in [1.54, 1.807) is 29.2 Å². The van der Waals surface area contributed by atoms with Crippen LogP contribution >= 0.6 is 0 Å². The minimum absolute atomic E-state index is 0.0615. The number of anilines is 1. The summed E-state index contributed by atoms with van der Waals surface area (Å²) in [5.74, 6) is -0.449. The van der Waals surface area contributed by atoms with E-state index in [1.807, 2.05) is 13.0 Å². The number of halogens is 1. The molecule has 2 aromatic rings. The number of benzene rings is 2. The molecule has 2 amide bonds. The SMILES string of the molecule is CCN1C(=O)Cc2cc(C(=O)NCc3ccc(F)cc3)ccc21. The van der Waals surface area contributed by atoms with E-state index in [-0.39, 0.29) is 17.6 Å². The van der Waals surface area contributed by atoms with Gasteiger partial charge in [0.15, 0.2) is 0 Å². The Kier molecular flexibility index (Phi) is 4.10. The third-order valence-electron chi connectivity index (χ3n) is 3.96. The smallest absolute Gasteiger partial charge is 0.251 e. The molecule has 1 aliphatic rings. The van der Waals surface area contributed by atoms with Gasteiger partial charge < -0.3 is 10.2 Å². The molecule has 0 aromatic heterocycles. The van der Waals surface area contributed by atoms with Crippen LogP contribution in [0.3, 0.4) is 0 Å². The predicted octanol–water partition coefficient (Wildman–Crippen LogP) is 2.66. The molecular formula is C18H17FN2O2. The highest BCUT2D eigenvalue weighted by molar-refractivity contribution is 6.03. The van der Waals surface area contributed by atoms with Crippen LogP contribution in [0.5, 0.6) is 0 Å². The van der Waals surface area contributed by atoms with Crippen molar-refractivity contribution in [2.75, 3.05) is 11.4 Å². The molecule has 0 saturated heterocycles. The molecule has 5 heteroatoms. The summed E-state index contributed by atoms with van der Waals surface area (Å²) in [7, 11) is 0. The van der Waals surface area contributed by atoms with E-state index in [0.29, 0.717) is 25.1 Å². The lowest BCUT2D eigenvalue weighted by atomic mass is 10.1. The Morgan fingerprint density at radius 3 is 2.65 bits per heavy atom. The first-order chi connectivity index (χ1) is 11.1. The summed E-state index contributed by atoms with van der Waals surface area (Å²) >= 11 is 0. The van der Waals surface area contributed by atoms with Crippen LogP contribution in [0.25, 0.3) is 0 Å². The highest BCUT2D eigenvalue weighted by Crippen LogP contribution is 2.29. The lowest BCUT2D eigenvalue weighted by molar-refractivity contribution is -0.117. The van der Waals surface area contributed by atoms with Gasteiger partial charge in [0, 0.05) is 24.3 Å². The first-order valence-corrected chi connectivity index (χ1v) is 7.54. The van der Waals surface area contributed by atoms with E-state index in [9.17, 15) is 14.0 Å². The minimum atomic E-state index is -0.302. The zero-order chi connectivity index (χ0) is 16.4. The third-order valence-corrected chi connectivity index (χ3v) is 3.96. The van der Waals surface area contributed by atoms with Crippen molar-refractivity contribution in [1.29, 1.82) is 0 Å². The normalized spacial score (nSPS) is 13.1. The maximum Gasteiger partial charge on any atom is 0.251 e. The summed E-state index contributed by atoms with van der Waals surface area (Å²) in [4.78, 5) is 25.8. The molecule has 3 rings (SSSR count). The second-order valence-corrected chi connectivity index (χ2v) is 5.47. The molecule has 1 heterocycles. The largest absolute Gasteiger partial charge is 0.348 e. The topological polar surface area (TPSA) is 49.4 Å². The van der Waals surface area contributed by atoms with E-state index in [2.05, 4.69) is 5.32 Å². The van der Waals surface area contributed by atoms with Gasteiger partial charge in [-0.2, -0.15) is 0 Å². The first-order valence-electron chi connectivity index (χ1n) is 7.54. The fourth-order valence-corrected chi connectivity index (χ4v) is 2.76. The Morgan fingerprint density at radius 1 is 1.22 bits per heavy atom. The third kappa shape index (κ3) is 3.08. The highest BCUT2D eigenvalue weighted by Gasteiger charge is 2.26. The van der Waals surface area contributed by atoms with Crippen molar-refractivity contribution in [1.82, 2.24) is 5.32 Å². The van der Waals surface area contributed by atoms with Gasteiger partial charge in [-0.3, -0.25) is 9.59 Å². The molecule has 0 saturated carbocycles. The molecule has 1 N–H and O–H groups in total. The van der Waals surface area contributed by atoms with Crippen LogP contribution in [-0.2, 0) is 17.8 Å². The average molecular weight is 312 g/mol. The molecule has 118 valence electrons. The second kappa shape index (κ2) is 6.20. The highest BCUT2D eigenvalue weighted by atomic mass is 19.1. The lowest BCUT2D eigenvalue weighted by Gasteiger charge is -2.14. The molecule has 0 radical (unpaired) electrons. The van der Waals surface area contributed by atoms with Gasteiger partial charge in [-0.1, -0.05) is 12.1 Å². The zero-order valence-electron chi connectivity index (χ0n) is 12.8. The summed E-state index contributed by atoms with van der Waals surface area (Å²) < 4.78 is 12.9. The van der Waals surface area contributed by atoms with Crippen molar-refractivity contribution in [3.63, 3.8) is 0 Å². The number of nitrogens with one attached hydrogen (secondary N) is 1. The van der Waals surface area contributed by atoms with Gasteiger partial charge in [0.05, 0.1) is 6.42 Å². The number of amides is 2. The van der Waals surface area contributed by atoms with E-state index >= 15 is 0 Å². The summed E-state index contributed by atoms with van der Waals surface area (Å²) in [6.07, 6.45) is 0.336. The number of hydrogen-bond acceptors (Lipinski definition) is 2. The van der Waals surface area contributed by atoms with Crippen molar-refractivity contribution in [3.05, 3.63) is 65.0 Å². The van der Waals surface area contributed by atoms with Crippen LogP contribution in [0.15, 0.2) is 42.5 Å². The van der Waals surface area contributed by atoms with Crippen LogP contribution in [0.4, 0.5) is 10.1 Å². The Labute approximate surface area is 133 Å². The average Bonchev–Trinajstić information content (AvgIpc) is 2.88. The summed E-state index contributed by atoms with van der Waals surface area (Å²) in [5, 5.41) is 2.80. The maximum atomic E-state index is 12.9. The van der Waals surface area contributed by atoms with E-state index in [0.717, 1.165) is 16.8 Å². The summed E-state index contributed by atoms with van der Waals surface area (Å²) in [6, 6.07) is 11.3. The van der Waals surface area contributed by atoms with Crippen molar-refractivity contribution in [2.24, 2.45) is 0 Å². The molecule has 2 aromatic carbocycles. The molecular weight excluding hydrogens is 295 g/mol. The molecule has 0 unspecified atom stereocenters. The molecule has 4 nitrogen and oxygen atoms in total. The molecule has 0 fully saturated rings. The van der Waals surface area contributed by atoms with Crippen LogP contribution in [0, 0.1) is 5.82 Å². The quantitative estimate of drug-likeness (QED) is 0.943. The van der Waals surface area contributed by atoms with E-state index < -0.39 is 0 Å². The fraction of sp³-hybridized carbons (Fsp3) is 0.222. The Hall–Kier alpha value is -2.69. The molecule has 1 aliphatic heterocycles. The summed E-state index contributed by atoms with van der Waals surface area (Å²) in [5.41, 5.74) is 3.11. The second-order valence-electron chi connectivity index (χ2n) is 5.47. The Bertz CT molecular complexity index is 756. The van der Waals surface area contributed by atoms with Crippen molar-refractivity contribution in [2.45, 2.75) is 19.9 Å². The Balaban J connectivity index is 1.70. The van der Waals surface area contributed by atoms with Crippen LogP contribution in [0.1, 0.15) is 28.4 Å². The molecule has 0 bridgehead atoms. The summed E-state index contributed by atoms with van der Waals surface area (Å²) in [6.45, 7) is 2.88. The van der Waals surface area contributed by atoms with Crippen LogP contribution in [-0.4, -0.2) is 18.4 Å². The maximum absolute atomic E-state index is 12.9. The van der Waals surface area contributed by atoms with Crippen molar-refractivity contribution in [3.8, 4) is 0 Å². The number of fused-ring (bicyclic) bond motifs is 1. The number of rotatable bonds is 4. The van der Waals surface area contributed by atoms with Crippen LogP contribution < -0.4 is 10.2 Å². The van der Waals surface area contributed by atoms with E-state index in [1.165, 1.54) is 12.1 Å². The monoisotopic (exact) mass is 312 g/mol. The fourth-order valence-electron chi connectivity index (χ4n) is 2.76. The number of nitrogens with zero attached hydrogens (tertiary/aromatic N) is 1. The van der Waals surface area contributed by atoms with Crippen molar-refractivity contribution < 1.29 is 14.0 Å². The first kappa shape index (κ1) is 15.2. The predicted molar refractivity (Wildman–Crippen MR) is 85.7 cm³/mol. The van der Waals surface area contributed by atoms with E-state index in [4.69, 9.17) is 0 Å². The number of carbonyl (C=O) groups excluding carboxylic acids is 2. The van der Waals surface area contributed by atoms with Gasteiger partial charge in [0.25, 0.3) is 5.91 Å². The van der Waals surface area contributed by atoms with Gasteiger partial charge in [-0.05, 0) is 48.4 Å². The molecule has 23 heavy (non-hydrogen) atoms. The van der Waals surface area contributed by atoms with Gasteiger partial charge in [-0.25, -0.2) is 4.39 Å². The Morgan fingerprint density at radius 2 is 1.96 bits per heavy atom. The molecule has 0 spiro atoms. The van der Waals surface area contributed by atoms with Gasteiger partial charge in [0.1, 0.15) is 5.82 Å². The zero-order valence-corrected chi connectivity index (χ0v) is 12.8. The number of hydrogen-bond donors (Lipinski definition) is 1. The number of likely N-dealkylation sites (N-methyl/N-ethyl adjacent to an activating group) is 1. The molecule has 0 atom stereocenters. The molecule has 0 aliphatic carbocycles. The minimum Gasteiger partial charge on any atom is -0.348 e. The standard InChI is InChI=1S/C18H17FN2O2/c1-2-21-16-8-5-13(9-14(16)10-17(21)22)18(23)20-11-12-3-6-15(19)7-4-12/h3-9H,2,10-11H2,1H3,(H,20,23). The van der Waals surface area contributed by atoms with Crippen molar-refractivity contribution >= 4 is 17.5 Å². The van der Waals surface area contributed by atoms with Gasteiger partial charge in [-0.15, -0.1) is 0 Å².